The minimum Gasteiger partial charge on any atom is -0.478 e. The molecule has 0 amide bonds. The zero-order chi connectivity index (χ0) is 18.1. The molecule has 0 atom stereocenters. The van der Waals surface area contributed by atoms with Crippen LogP contribution in [0.3, 0.4) is 0 Å². The average Bonchev–Trinajstić information content (AvgIpc) is 3.07. The maximum atomic E-state index is 10.5. The van der Waals surface area contributed by atoms with Crippen molar-refractivity contribution >= 4 is 12.0 Å². The van der Waals surface area contributed by atoms with Crippen LogP contribution in [0.4, 0.5) is 0 Å². The van der Waals surface area contributed by atoms with Gasteiger partial charge in [-0.1, -0.05) is 25.1 Å². The second-order valence-corrected chi connectivity index (χ2v) is 5.84. The number of carboxylic acid groups (broad SMARTS) is 1. The summed E-state index contributed by atoms with van der Waals surface area (Å²) < 4.78 is 10.5. The predicted octanol–water partition coefficient (Wildman–Crippen LogP) is 2.58. The van der Waals surface area contributed by atoms with Gasteiger partial charge in [-0.2, -0.15) is 0 Å². The van der Waals surface area contributed by atoms with Crippen LogP contribution in [0.25, 0.3) is 6.08 Å². The van der Waals surface area contributed by atoms with Gasteiger partial charge in [-0.15, -0.1) is 0 Å². The Bertz CT molecular complexity index is 633. The molecule has 3 N–H and O–H groups in total. The molecule has 0 aromatic heterocycles. The van der Waals surface area contributed by atoms with Crippen LogP contribution in [0.1, 0.15) is 31.7 Å². The molecule has 0 spiro atoms. The summed E-state index contributed by atoms with van der Waals surface area (Å²) in [4.78, 5) is 10.5. The van der Waals surface area contributed by atoms with Crippen LogP contribution in [0.2, 0.25) is 0 Å². The molecule has 1 aromatic carbocycles. The van der Waals surface area contributed by atoms with E-state index in [4.69, 9.17) is 19.7 Å². The fourth-order valence-electron chi connectivity index (χ4n) is 2.47. The molecule has 6 heteroatoms. The maximum absolute atomic E-state index is 10.5. The van der Waals surface area contributed by atoms with Crippen molar-refractivity contribution in [3.8, 4) is 11.5 Å². The third-order valence-electron chi connectivity index (χ3n) is 3.91. The largest absolute Gasteiger partial charge is 0.478 e. The van der Waals surface area contributed by atoms with Gasteiger partial charge in [0.25, 0.3) is 0 Å². The van der Waals surface area contributed by atoms with E-state index >= 15 is 0 Å². The topological polar surface area (TPSA) is 88.0 Å². The summed E-state index contributed by atoms with van der Waals surface area (Å²) in [7, 11) is 0. The van der Waals surface area contributed by atoms with E-state index in [1.807, 2.05) is 31.2 Å². The number of carbonyl (C=O) groups is 1. The van der Waals surface area contributed by atoms with Crippen molar-refractivity contribution in [3.63, 3.8) is 0 Å². The number of fused-ring (bicyclic) bond motifs is 1. The highest BCUT2D eigenvalue weighted by atomic mass is 16.7. The lowest BCUT2D eigenvalue weighted by molar-refractivity contribution is -0.131. The molecule has 0 radical (unpaired) electrons. The Balaban J connectivity index is 0.000000269. The van der Waals surface area contributed by atoms with E-state index in [1.54, 1.807) is 6.08 Å². The third-order valence-corrected chi connectivity index (χ3v) is 3.91. The lowest BCUT2D eigenvalue weighted by Crippen LogP contribution is -2.30. The van der Waals surface area contributed by atoms with Gasteiger partial charge in [0.15, 0.2) is 11.5 Å². The van der Waals surface area contributed by atoms with Gasteiger partial charge in [0.2, 0.25) is 6.79 Å². The Morgan fingerprint density at radius 1 is 1.24 bits per heavy atom. The van der Waals surface area contributed by atoms with Crippen molar-refractivity contribution in [2.45, 2.75) is 32.3 Å². The van der Waals surface area contributed by atoms with E-state index in [0.29, 0.717) is 0 Å². The fraction of sp³-hybridized carbons (Fsp3) is 0.421. The van der Waals surface area contributed by atoms with Crippen LogP contribution in [0.15, 0.2) is 35.9 Å². The van der Waals surface area contributed by atoms with Crippen LogP contribution < -0.4 is 14.8 Å². The Hall–Kier alpha value is -2.31. The van der Waals surface area contributed by atoms with Crippen molar-refractivity contribution in [1.29, 1.82) is 0 Å². The highest BCUT2D eigenvalue weighted by Gasteiger charge is 2.12. The number of piperidine rings is 1. The average molecular weight is 347 g/mol. The van der Waals surface area contributed by atoms with Crippen molar-refractivity contribution in [1.82, 2.24) is 5.32 Å². The first-order valence-electron chi connectivity index (χ1n) is 8.48. The number of rotatable bonds is 4. The number of carboxylic acids is 1. The zero-order valence-corrected chi connectivity index (χ0v) is 14.4. The molecule has 2 aliphatic heterocycles. The molecule has 2 heterocycles. The minimum absolute atomic E-state index is 0.0266. The highest BCUT2D eigenvalue weighted by molar-refractivity contribution is 5.80. The Kier molecular flexibility index (Phi) is 7.50. The number of aliphatic hydroxyl groups excluding tert-OH is 1. The van der Waals surface area contributed by atoms with Crippen LogP contribution in [-0.4, -0.2) is 42.2 Å². The number of allylic oxidation sites excluding steroid dienone is 2. The van der Waals surface area contributed by atoms with Crippen LogP contribution in [-0.2, 0) is 4.79 Å². The highest BCUT2D eigenvalue weighted by Crippen LogP contribution is 2.33. The normalized spacial score (nSPS) is 17.3. The van der Waals surface area contributed by atoms with Gasteiger partial charge in [0.1, 0.15) is 0 Å². The molecule has 2 aliphatic rings. The molecule has 136 valence electrons. The van der Waals surface area contributed by atoms with E-state index in [9.17, 15) is 4.79 Å². The summed E-state index contributed by atoms with van der Waals surface area (Å²) in [5.74, 6) is 0.521. The smallest absolute Gasteiger partial charge is 0.328 e. The molecular formula is C19H25NO5. The Labute approximate surface area is 147 Å². The van der Waals surface area contributed by atoms with Crippen molar-refractivity contribution in [2.24, 2.45) is 0 Å². The quantitative estimate of drug-likeness (QED) is 0.573. The van der Waals surface area contributed by atoms with Gasteiger partial charge in [0.05, 0.1) is 6.10 Å². The summed E-state index contributed by atoms with van der Waals surface area (Å²) >= 11 is 0. The van der Waals surface area contributed by atoms with E-state index < -0.39 is 5.97 Å². The summed E-state index contributed by atoms with van der Waals surface area (Å²) in [6.45, 7) is 4.20. The molecule has 6 nitrogen and oxygen atoms in total. The van der Waals surface area contributed by atoms with Crippen molar-refractivity contribution in [2.75, 3.05) is 19.9 Å². The second-order valence-electron chi connectivity index (χ2n) is 5.84. The van der Waals surface area contributed by atoms with Gasteiger partial charge in [-0.25, -0.2) is 4.79 Å². The van der Waals surface area contributed by atoms with Crippen molar-refractivity contribution in [3.05, 3.63) is 41.5 Å². The van der Waals surface area contributed by atoms with Gasteiger partial charge in [0, 0.05) is 6.08 Å². The minimum atomic E-state index is -0.944. The van der Waals surface area contributed by atoms with E-state index in [2.05, 4.69) is 5.32 Å². The SMILES string of the molecule is CCC(C=CC(=O)O)=Cc1ccc2c(c1)OCO2.OC1CCNCC1. The number of aliphatic carboxylic acids is 1. The molecule has 0 bridgehead atoms. The maximum Gasteiger partial charge on any atom is 0.328 e. The lowest BCUT2D eigenvalue weighted by Gasteiger charge is -2.16. The first-order chi connectivity index (χ1) is 12.1. The summed E-state index contributed by atoms with van der Waals surface area (Å²) in [6.07, 6.45) is 7.27. The molecule has 1 aromatic rings. The molecular weight excluding hydrogens is 322 g/mol. The Morgan fingerprint density at radius 2 is 1.96 bits per heavy atom. The van der Waals surface area contributed by atoms with E-state index in [1.165, 1.54) is 0 Å². The molecule has 1 fully saturated rings. The van der Waals surface area contributed by atoms with Crippen molar-refractivity contribution < 1.29 is 24.5 Å². The predicted molar refractivity (Wildman–Crippen MR) is 95.7 cm³/mol. The number of aliphatic hydroxyl groups is 1. The third kappa shape index (κ3) is 6.60. The van der Waals surface area contributed by atoms with Gasteiger partial charge >= 0.3 is 5.97 Å². The fourth-order valence-corrected chi connectivity index (χ4v) is 2.47. The standard InChI is InChI=1S/C14H14O4.C5H11NO/c1-2-10(4-6-14(15)16)7-11-3-5-12-13(8-11)18-9-17-12;7-5-1-3-6-4-2-5/h3-8H,2,9H2,1H3,(H,15,16);5-7H,1-4H2. The summed E-state index contributed by atoms with van der Waals surface area (Å²) in [5.41, 5.74) is 1.91. The zero-order valence-electron chi connectivity index (χ0n) is 14.4. The van der Waals surface area contributed by atoms with Crippen LogP contribution >= 0.6 is 0 Å². The monoisotopic (exact) mass is 347 g/mol. The Morgan fingerprint density at radius 3 is 2.56 bits per heavy atom. The van der Waals surface area contributed by atoms with Gasteiger partial charge < -0.3 is 25.0 Å². The number of hydrogen-bond acceptors (Lipinski definition) is 5. The number of nitrogens with one attached hydrogen (secondary N) is 1. The van der Waals surface area contributed by atoms with Crippen LogP contribution in [0, 0.1) is 0 Å². The second kappa shape index (κ2) is 9.86. The summed E-state index contributed by atoms with van der Waals surface area (Å²) in [5, 5.41) is 20.6. The molecule has 1 saturated heterocycles. The molecule has 25 heavy (non-hydrogen) atoms. The first kappa shape index (κ1) is 19.0. The van der Waals surface area contributed by atoms with Gasteiger partial charge in [-0.3, -0.25) is 0 Å². The molecule has 3 rings (SSSR count). The van der Waals surface area contributed by atoms with Gasteiger partial charge in [-0.05, 0) is 55.6 Å². The summed E-state index contributed by atoms with van der Waals surface area (Å²) in [6, 6.07) is 5.65. The first-order valence-corrected chi connectivity index (χ1v) is 8.48. The molecule has 0 unspecified atom stereocenters. The number of ether oxygens (including phenoxy) is 2. The van der Waals surface area contributed by atoms with E-state index in [0.717, 1.165) is 61.1 Å². The number of hydrogen-bond donors (Lipinski definition) is 3. The molecule has 0 aliphatic carbocycles. The number of benzene rings is 1. The lowest BCUT2D eigenvalue weighted by atomic mass is 10.1. The van der Waals surface area contributed by atoms with E-state index in [-0.39, 0.29) is 12.9 Å². The van der Waals surface area contributed by atoms with Crippen LogP contribution in [0.5, 0.6) is 11.5 Å². The molecule has 0 saturated carbocycles.